The van der Waals surface area contributed by atoms with Crippen molar-refractivity contribution < 1.29 is 9.90 Å². The third kappa shape index (κ3) is 2.49. The zero-order valence-electron chi connectivity index (χ0n) is 7.62. The Balaban J connectivity index is 2.35. The van der Waals surface area contributed by atoms with Gasteiger partial charge in [0.15, 0.2) is 0 Å². The molecule has 0 amide bonds. The fraction of sp³-hybridized carbons (Fsp3) is 0.889. The maximum atomic E-state index is 11.2. The van der Waals surface area contributed by atoms with Crippen molar-refractivity contribution in [2.24, 2.45) is 0 Å². The molecule has 1 aliphatic carbocycles. The van der Waals surface area contributed by atoms with Gasteiger partial charge in [0.05, 0.1) is 11.4 Å². The molecule has 0 aromatic heterocycles. The number of aliphatic hydroxyl groups is 1. The number of aliphatic hydroxyl groups excluding tert-OH is 1. The van der Waals surface area contributed by atoms with Gasteiger partial charge in [-0.25, -0.2) is 0 Å². The van der Waals surface area contributed by atoms with Gasteiger partial charge in [0, 0.05) is 11.7 Å². The summed E-state index contributed by atoms with van der Waals surface area (Å²) in [5, 5.41) is 9.57. The third-order valence-corrected chi connectivity index (χ3v) is 3.96. The summed E-state index contributed by atoms with van der Waals surface area (Å²) in [5.74, 6) is 0.368. The van der Waals surface area contributed by atoms with Crippen LogP contribution < -0.4 is 0 Å². The molecule has 70 valence electrons. The molecular formula is C9H16O2S. The molecule has 0 aromatic carbocycles. The van der Waals surface area contributed by atoms with Crippen LogP contribution in [0.1, 0.15) is 33.1 Å². The molecule has 1 rings (SSSR count). The maximum Gasteiger partial charge on any atom is 0.145 e. The molecule has 2 nitrogen and oxygen atoms in total. The second-order valence-corrected chi connectivity index (χ2v) is 5.01. The Morgan fingerprint density at radius 3 is 2.67 bits per heavy atom. The Labute approximate surface area is 77.7 Å². The topological polar surface area (TPSA) is 37.3 Å². The zero-order chi connectivity index (χ0) is 9.14. The van der Waals surface area contributed by atoms with Crippen LogP contribution in [0.4, 0.5) is 0 Å². The first-order valence-electron chi connectivity index (χ1n) is 4.47. The van der Waals surface area contributed by atoms with Crippen molar-refractivity contribution in [1.82, 2.24) is 0 Å². The van der Waals surface area contributed by atoms with Crippen LogP contribution in [0.3, 0.4) is 0 Å². The van der Waals surface area contributed by atoms with E-state index in [1.54, 1.807) is 18.7 Å². The van der Waals surface area contributed by atoms with Gasteiger partial charge in [0.2, 0.25) is 0 Å². The number of rotatable bonds is 3. The van der Waals surface area contributed by atoms with Gasteiger partial charge in [0.1, 0.15) is 5.78 Å². The lowest BCUT2D eigenvalue weighted by Gasteiger charge is -2.17. The third-order valence-electron chi connectivity index (χ3n) is 2.31. The van der Waals surface area contributed by atoms with E-state index in [4.69, 9.17) is 0 Å². The van der Waals surface area contributed by atoms with E-state index in [9.17, 15) is 9.90 Å². The quantitative estimate of drug-likeness (QED) is 0.731. The fourth-order valence-corrected chi connectivity index (χ4v) is 2.62. The van der Waals surface area contributed by atoms with Crippen molar-refractivity contribution in [3.05, 3.63) is 0 Å². The van der Waals surface area contributed by atoms with Crippen LogP contribution in [0, 0.1) is 0 Å². The van der Waals surface area contributed by atoms with E-state index in [1.165, 1.54) is 0 Å². The van der Waals surface area contributed by atoms with E-state index >= 15 is 0 Å². The Kier molecular flexibility index (Phi) is 3.59. The van der Waals surface area contributed by atoms with Gasteiger partial charge in [-0.05, 0) is 19.8 Å². The average molecular weight is 188 g/mol. The number of carbonyl (C=O) groups is 1. The highest BCUT2D eigenvalue weighted by atomic mass is 32.2. The lowest BCUT2D eigenvalue weighted by Crippen LogP contribution is -2.21. The summed E-state index contributed by atoms with van der Waals surface area (Å²) in [6.07, 6.45) is 2.46. The Morgan fingerprint density at radius 1 is 1.58 bits per heavy atom. The van der Waals surface area contributed by atoms with Crippen molar-refractivity contribution in [2.75, 3.05) is 0 Å². The highest BCUT2D eigenvalue weighted by Crippen LogP contribution is 2.30. The first-order valence-corrected chi connectivity index (χ1v) is 5.42. The van der Waals surface area contributed by atoms with Gasteiger partial charge in [-0.2, -0.15) is 0 Å². The highest BCUT2D eigenvalue weighted by Gasteiger charge is 2.27. The standard InChI is InChI=1S/C9H16O2S/c1-6(10)7(2)12-9-5-3-4-8(9)11/h6-7,9-10H,3-5H2,1-2H3. The van der Waals surface area contributed by atoms with E-state index < -0.39 is 0 Å². The van der Waals surface area contributed by atoms with Crippen molar-refractivity contribution >= 4 is 17.5 Å². The molecule has 1 fully saturated rings. The van der Waals surface area contributed by atoms with Crippen LogP contribution in [0.15, 0.2) is 0 Å². The summed E-state index contributed by atoms with van der Waals surface area (Å²) in [6.45, 7) is 3.75. The molecule has 0 aliphatic heterocycles. The molecule has 0 radical (unpaired) electrons. The zero-order valence-corrected chi connectivity index (χ0v) is 8.43. The minimum Gasteiger partial charge on any atom is -0.392 e. The van der Waals surface area contributed by atoms with Gasteiger partial charge < -0.3 is 5.11 Å². The summed E-state index contributed by atoms with van der Waals surface area (Å²) >= 11 is 1.62. The fourth-order valence-electron chi connectivity index (χ4n) is 1.30. The SMILES string of the molecule is CC(O)C(C)SC1CCCC1=O. The predicted octanol–water partition coefficient (Wildman–Crippen LogP) is 1.61. The highest BCUT2D eigenvalue weighted by molar-refractivity contribution is 8.01. The lowest BCUT2D eigenvalue weighted by atomic mass is 10.3. The van der Waals surface area contributed by atoms with E-state index in [2.05, 4.69) is 0 Å². The number of Topliss-reactive ketones (excluding diaryl/α,β-unsaturated/α-hetero) is 1. The van der Waals surface area contributed by atoms with Crippen LogP contribution in [0.25, 0.3) is 0 Å². The van der Waals surface area contributed by atoms with Gasteiger partial charge in [-0.15, -0.1) is 11.8 Å². The Hall–Kier alpha value is -0.0200. The van der Waals surface area contributed by atoms with Gasteiger partial charge in [0.25, 0.3) is 0 Å². The number of thioether (sulfide) groups is 1. The Bertz CT molecular complexity index is 168. The predicted molar refractivity (Wildman–Crippen MR) is 51.4 cm³/mol. The Morgan fingerprint density at radius 2 is 2.25 bits per heavy atom. The summed E-state index contributed by atoms with van der Waals surface area (Å²) in [5.41, 5.74) is 0. The van der Waals surface area contributed by atoms with Crippen LogP contribution >= 0.6 is 11.8 Å². The minimum absolute atomic E-state index is 0.162. The van der Waals surface area contributed by atoms with Gasteiger partial charge >= 0.3 is 0 Å². The van der Waals surface area contributed by atoms with Crippen LogP contribution in [0.2, 0.25) is 0 Å². The molecule has 3 unspecified atom stereocenters. The second-order valence-electron chi connectivity index (χ2n) is 3.43. The lowest BCUT2D eigenvalue weighted by molar-refractivity contribution is -0.116. The molecular weight excluding hydrogens is 172 g/mol. The van der Waals surface area contributed by atoms with E-state index in [1.807, 2.05) is 6.92 Å². The molecule has 1 saturated carbocycles. The maximum absolute atomic E-state index is 11.2. The van der Waals surface area contributed by atoms with E-state index in [0.29, 0.717) is 5.78 Å². The van der Waals surface area contributed by atoms with Crippen LogP contribution in [0.5, 0.6) is 0 Å². The van der Waals surface area contributed by atoms with Crippen molar-refractivity contribution in [3.63, 3.8) is 0 Å². The normalized spacial score (nSPS) is 28.9. The monoisotopic (exact) mass is 188 g/mol. The van der Waals surface area contributed by atoms with Crippen molar-refractivity contribution in [3.8, 4) is 0 Å². The smallest absolute Gasteiger partial charge is 0.145 e. The molecule has 3 heteroatoms. The van der Waals surface area contributed by atoms with Crippen molar-refractivity contribution in [1.29, 1.82) is 0 Å². The molecule has 3 atom stereocenters. The van der Waals surface area contributed by atoms with E-state index in [0.717, 1.165) is 19.3 Å². The van der Waals surface area contributed by atoms with Gasteiger partial charge in [-0.3, -0.25) is 4.79 Å². The molecule has 1 aliphatic rings. The molecule has 0 bridgehead atoms. The largest absolute Gasteiger partial charge is 0.392 e. The number of hydrogen-bond acceptors (Lipinski definition) is 3. The van der Waals surface area contributed by atoms with Crippen molar-refractivity contribution in [2.45, 2.75) is 49.7 Å². The minimum atomic E-state index is -0.316. The first kappa shape index (κ1) is 10.1. The second kappa shape index (κ2) is 4.28. The van der Waals surface area contributed by atoms with Crippen LogP contribution in [-0.2, 0) is 4.79 Å². The summed E-state index contributed by atoms with van der Waals surface area (Å²) in [7, 11) is 0. The van der Waals surface area contributed by atoms with Gasteiger partial charge in [-0.1, -0.05) is 6.92 Å². The number of ketones is 1. The molecule has 0 saturated heterocycles. The summed E-state index contributed by atoms with van der Waals surface area (Å²) in [4.78, 5) is 11.2. The molecule has 12 heavy (non-hydrogen) atoms. The number of carbonyl (C=O) groups excluding carboxylic acids is 1. The van der Waals surface area contributed by atoms with Crippen LogP contribution in [-0.4, -0.2) is 27.5 Å². The average Bonchev–Trinajstić information content (AvgIpc) is 2.36. The molecule has 0 heterocycles. The van der Waals surface area contributed by atoms with E-state index in [-0.39, 0.29) is 16.6 Å². The first-order chi connectivity index (χ1) is 5.61. The molecule has 0 spiro atoms. The molecule has 1 N–H and O–H groups in total. The number of hydrogen-bond donors (Lipinski definition) is 1. The molecule has 0 aromatic rings. The summed E-state index contributed by atoms with van der Waals surface area (Å²) in [6, 6.07) is 0. The summed E-state index contributed by atoms with van der Waals surface area (Å²) < 4.78 is 0.